The van der Waals surface area contributed by atoms with Crippen molar-refractivity contribution in [2.75, 3.05) is 38.7 Å². The number of amides is 1. The van der Waals surface area contributed by atoms with Gasteiger partial charge < -0.3 is 19.7 Å². The van der Waals surface area contributed by atoms with Gasteiger partial charge >= 0.3 is 6.18 Å². The molecule has 3 rings (SSSR count). The molecule has 0 saturated heterocycles. The van der Waals surface area contributed by atoms with Crippen LogP contribution in [0.15, 0.2) is 42.5 Å². The van der Waals surface area contributed by atoms with E-state index in [2.05, 4.69) is 29.0 Å². The molecule has 1 N–H and O–H groups in total. The average Bonchev–Trinajstić information content (AvgIpc) is 3.21. The second-order valence-electron chi connectivity index (χ2n) is 8.07. The molecule has 6 nitrogen and oxygen atoms in total. The van der Waals surface area contributed by atoms with Crippen molar-refractivity contribution < 1.29 is 27.4 Å². The number of alkyl halides is 3. The highest BCUT2D eigenvalue weighted by Gasteiger charge is 2.30. The lowest BCUT2D eigenvalue weighted by molar-refractivity contribution is -0.137. The number of hydrogen-bond acceptors (Lipinski definition) is 6. The minimum Gasteiger partial charge on any atom is -0.493 e. The number of aryl methyl sites for hydroxylation is 1. The highest BCUT2D eigenvalue weighted by Crippen LogP contribution is 2.35. The molecule has 0 radical (unpaired) electrons. The Morgan fingerprint density at radius 1 is 1.11 bits per heavy atom. The summed E-state index contributed by atoms with van der Waals surface area (Å²) >= 11 is 1.21. The molecule has 1 heterocycles. The van der Waals surface area contributed by atoms with Gasteiger partial charge in [-0.2, -0.15) is 13.2 Å². The van der Waals surface area contributed by atoms with Crippen molar-refractivity contribution >= 4 is 22.9 Å². The first-order valence-electron chi connectivity index (χ1n) is 11.6. The summed E-state index contributed by atoms with van der Waals surface area (Å²) in [4.78, 5) is 20.1. The molecule has 0 aliphatic carbocycles. The Morgan fingerprint density at radius 2 is 1.86 bits per heavy atom. The number of carbonyl (C=O) groups excluding carboxylic acids is 1. The topological polar surface area (TPSA) is 63.7 Å². The van der Waals surface area contributed by atoms with E-state index in [1.165, 1.54) is 17.4 Å². The average molecular weight is 522 g/mol. The molecule has 1 aromatic heterocycles. The zero-order chi connectivity index (χ0) is 26.3. The fourth-order valence-electron chi connectivity index (χ4n) is 3.59. The van der Waals surface area contributed by atoms with Crippen LogP contribution in [0.3, 0.4) is 0 Å². The normalized spacial score (nSPS) is 11.6. The number of nitrogens with zero attached hydrogens (tertiary/aromatic N) is 2. The molecular weight excluding hydrogens is 491 g/mol. The number of aromatic nitrogens is 1. The van der Waals surface area contributed by atoms with Gasteiger partial charge in [0.2, 0.25) is 5.91 Å². The van der Waals surface area contributed by atoms with Gasteiger partial charge in [-0.3, -0.25) is 4.79 Å². The number of benzene rings is 2. The van der Waals surface area contributed by atoms with Crippen LogP contribution in [0.25, 0.3) is 10.6 Å². The Bertz CT molecular complexity index is 1180. The minimum atomic E-state index is -4.43. The van der Waals surface area contributed by atoms with Crippen LogP contribution in [0, 0.1) is 6.92 Å². The monoisotopic (exact) mass is 521 g/mol. The molecule has 0 spiro atoms. The van der Waals surface area contributed by atoms with Crippen LogP contribution < -0.4 is 14.8 Å². The Labute approximate surface area is 213 Å². The van der Waals surface area contributed by atoms with Gasteiger partial charge in [0.15, 0.2) is 11.5 Å². The van der Waals surface area contributed by atoms with Gasteiger partial charge in [0.1, 0.15) is 11.6 Å². The van der Waals surface area contributed by atoms with E-state index in [-0.39, 0.29) is 12.3 Å². The van der Waals surface area contributed by atoms with Gasteiger partial charge in [0.25, 0.3) is 0 Å². The molecule has 0 unspecified atom stereocenters. The molecule has 1 amide bonds. The third-order valence-corrected chi connectivity index (χ3v) is 6.86. The van der Waals surface area contributed by atoms with Crippen molar-refractivity contribution in [2.24, 2.45) is 0 Å². The first kappa shape index (κ1) is 27.5. The first-order chi connectivity index (χ1) is 17.1. The van der Waals surface area contributed by atoms with E-state index in [0.717, 1.165) is 31.8 Å². The first-order valence-corrected chi connectivity index (χ1v) is 12.4. The van der Waals surface area contributed by atoms with E-state index >= 15 is 0 Å². The molecule has 0 saturated carbocycles. The maximum Gasteiger partial charge on any atom is 0.416 e. The van der Waals surface area contributed by atoms with Crippen molar-refractivity contribution in [1.82, 2.24) is 9.88 Å². The maximum atomic E-state index is 13.1. The Kier molecular flexibility index (Phi) is 9.33. The number of methoxy groups -OCH3 is 1. The van der Waals surface area contributed by atoms with Crippen molar-refractivity contribution in [3.8, 4) is 22.1 Å². The summed E-state index contributed by atoms with van der Waals surface area (Å²) in [5, 5.41) is 3.29. The summed E-state index contributed by atoms with van der Waals surface area (Å²) in [6.45, 7) is 9.03. The van der Waals surface area contributed by atoms with E-state index in [0.29, 0.717) is 44.9 Å². The summed E-state index contributed by atoms with van der Waals surface area (Å²) in [5.41, 5.74) is 0.796. The van der Waals surface area contributed by atoms with Gasteiger partial charge in [-0.15, -0.1) is 11.3 Å². The van der Waals surface area contributed by atoms with Crippen molar-refractivity contribution in [1.29, 1.82) is 0 Å². The quantitative estimate of drug-likeness (QED) is 0.333. The standard InChI is InChI=1S/C26H30F3N3O3S/c1-5-32(6-2)12-13-35-22-15-20(10-11-21(22)34-4)31-24(33)16-23-17(3)30-25(36-23)18-8-7-9-19(14-18)26(27,28)29/h7-11,14-15H,5-6,12-13,16H2,1-4H3,(H,31,33). The van der Waals surface area contributed by atoms with Gasteiger partial charge in [0, 0.05) is 28.7 Å². The van der Waals surface area contributed by atoms with Crippen LogP contribution >= 0.6 is 11.3 Å². The summed E-state index contributed by atoms with van der Waals surface area (Å²) in [5.74, 6) is 0.830. The summed E-state index contributed by atoms with van der Waals surface area (Å²) in [7, 11) is 1.55. The predicted octanol–water partition coefficient (Wildman–Crippen LogP) is 6.05. The molecule has 0 atom stereocenters. The number of hydrogen-bond donors (Lipinski definition) is 1. The van der Waals surface area contributed by atoms with Gasteiger partial charge in [-0.1, -0.05) is 26.0 Å². The lowest BCUT2D eigenvalue weighted by Gasteiger charge is -2.19. The van der Waals surface area contributed by atoms with Crippen molar-refractivity contribution in [3.63, 3.8) is 0 Å². The van der Waals surface area contributed by atoms with Gasteiger partial charge in [-0.05, 0) is 44.3 Å². The number of thiazole rings is 1. The fourth-order valence-corrected chi connectivity index (χ4v) is 4.64. The number of carbonyl (C=O) groups is 1. The summed E-state index contributed by atoms with van der Waals surface area (Å²) < 4.78 is 50.5. The predicted molar refractivity (Wildman–Crippen MR) is 136 cm³/mol. The molecule has 194 valence electrons. The number of rotatable bonds is 11. The lowest BCUT2D eigenvalue weighted by atomic mass is 10.1. The van der Waals surface area contributed by atoms with E-state index in [1.54, 1.807) is 38.3 Å². The number of nitrogens with one attached hydrogen (secondary N) is 1. The highest BCUT2D eigenvalue weighted by atomic mass is 32.1. The van der Waals surface area contributed by atoms with Crippen LogP contribution in [-0.2, 0) is 17.4 Å². The SMILES string of the molecule is CCN(CC)CCOc1cc(NC(=O)Cc2sc(-c3cccc(C(F)(F)F)c3)nc2C)ccc1OC. The van der Waals surface area contributed by atoms with E-state index in [9.17, 15) is 18.0 Å². The molecule has 0 bridgehead atoms. The Morgan fingerprint density at radius 3 is 2.53 bits per heavy atom. The number of halogens is 3. The molecular formula is C26H30F3N3O3S. The largest absolute Gasteiger partial charge is 0.493 e. The second-order valence-corrected chi connectivity index (χ2v) is 9.16. The Hall–Kier alpha value is -3.11. The number of likely N-dealkylation sites (N-methyl/N-ethyl adjacent to an activating group) is 1. The zero-order valence-electron chi connectivity index (χ0n) is 20.7. The number of ether oxygens (including phenoxy) is 2. The maximum absolute atomic E-state index is 13.1. The molecule has 0 aliphatic rings. The molecule has 0 aliphatic heterocycles. The lowest BCUT2D eigenvalue weighted by Crippen LogP contribution is -2.28. The van der Waals surface area contributed by atoms with E-state index in [4.69, 9.17) is 9.47 Å². The molecule has 0 fully saturated rings. The third kappa shape index (κ3) is 7.20. The number of anilines is 1. The highest BCUT2D eigenvalue weighted by molar-refractivity contribution is 7.15. The van der Waals surface area contributed by atoms with Gasteiger partial charge in [0.05, 0.1) is 24.8 Å². The molecule has 36 heavy (non-hydrogen) atoms. The van der Waals surface area contributed by atoms with Crippen molar-refractivity contribution in [2.45, 2.75) is 33.4 Å². The second kappa shape index (κ2) is 12.2. The van der Waals surface area contributed by atoms with E-state index in [1.807, 2.05) is 0 Å². The smallest absolute Gasteiger partial charge is 0.416 e. The zero-order valence-corrected chi connectivity index (χ0v) is 21.6. The molecule has 2 aromatic carbocycles. The molecule has 3 aromatic rings. The van der Waals surface area contributed by atoms with Crippen LogP contribution in [-0.4, -0.2) is 49.1 Å². The summed E-state index contributed by atoms with van der Waals surface area (Å²) in [6, 6.07) is 10.2. The van der Waals surface area contributed by atoms with Crippen LogP contribution in [0.1, 0.15) is 30.0 Å². The van der Waals surface area contributed by atoms with Crippen LogP contribution in [0.2, 0.25) is 0 Å². The van der Waals surface area contributed by atoms with Gasteiger partial charge in [-0.25, -0.2) is 4.98 Å². The minimum absolute atomic E-state index is 0.0483. The van der Waals surface area contributed by atoms with Crippen LogP contribution in [0.5, 0.6) is 11.5 Å². The Balaban J connectivity index is 1.68. The third-order valence-electron chi connectivity index (χ3n) is 5.66. The summed E-state index contributed by atoms with van der Waals surface area (Å²) in [6.07, 6.45) is -4.38. The van der Waals surface area contributed by atoms with Crippen LogP contribution in [0.4, 0.5) is 18.9 Å². The van der Waals surface area contributed by atoms with E-state index < -0.39 is 11.7 Å². The fraction of sp³-hybridized carbons (Fsp3) is 0.385. The van der Waals surface area contributed by atoms with Crippen molar-refractivity contribution in [3.05, 3.63) is 58.6 Å². The molecule has 10 heteroatoms.